The third kappa shape index (κ3) is 3.89. The predicted octanol–water partition coefficient (Wildman–Crippen LogP) is 3.26. The minimum absolute atomic E-state index is 0.257. The van der Waals surface area contributed by atoms with Crippen LogP contribution >= 0.6 is 0 Å². The molecule has 2 unspecified atom stereocenters. The Morgan fingerprint density at radius 3 is 2.74 bits per heavy atom. The number of esters is 1. The van der Waals surface area contributed by atoms with Gasteiger partial charge in [-0.3, -0.25) is 4.79 Å². The fourth-order valence-electron chi connectivity index (χ4n) is 3.07. The number of ether oxygens (including phenoxy) is 1. The summed E-state index contributed by atoms with van der Waals surface area (Å²) in [6, 6.07) is 4.63. The highest BCUT2D eigenvalue weighted by Crippen LogP contribution is 2.28. The monoisotopic (exact) mass is 321 g/mol. The SMILES string of the molecule is CCOC(=O)C1CCCCN1C(=O)C(F)c1ccc(C)cc1C. The highest BCUT2D eigenvalue weighted by molar-refractivity contribution is 5.88. The van der Waals surface area contributed by atoms with Gasteiger partial charge in [0.15, 0.2) is 0 Å². The Morgan fingerprint density at radius 1 is 1.35 bits per heavy atom. The summed E-state index contributed by atoms with van der Waals surface area (Å²) >= 11 is 0. The molecule has 1 aliphatic heterocycles. The number of benzene rings is 1. The first-order valence-corrected chi connectivity index (χ1v) is 8.14. The van der Waals surface area contributed by atoms with E-state index < -0.39 is 24.1 Å². The smallest absolute Gasteiger partial charge is 0.328 e. The van der Waals surface area contributed by atoms with Crippen molar-refractivity contribution in [3.63, 3.8) is 0 Å². The normalized spacial score (nSPS) is 19.3. The summed E-state index contributed by atoms with van der Waals surface area (Å²) in [7, 11) is 0. The summed E-state index contributed by atoms with van der Waals surface area (Å²) in [6.45, 7) is 6.09. The molecule has 2 rings (SSSR count). The first-order chi connectivity index (χ1) is 11.0. The van der Waals surface area contributed by atoms with Gasteiger partial charge in [0.25, 0.3) is 5.91 Å². The molecule has 5 heteroatoms. The summed E-state index contributed by atoms with van der Waals surface area (Å²) in [5, 5.41) is 0. The highest BCUT2D eigenvalue weighted by Gasteiger charge is 2.37. The Bertz CT molecular complexity index is 588. The van der Waals surface area contributed by atoms with Crippen LogP contribution in [-0.2, 0) is 14.3 Å². The van der Waals surface area contributed by atoms with E-state index in [1.54, 1.807) is 26.0 Å². The maximum absolute atomic E-state index is 14.8. The van der Waals surface area contributed by atoms with Gasteiger partial charge in [-0.15, -0.1) is 0 Å². The van der Waals surface area contributed by atoms with Gasteiger partial charge in [-0.2, -0.15) is 0 Å². The average Bonchev–Trinajstić information content (AvgIpc) is 2.54. The van der Waals surface area contributed by atoms with Crippen molar-refractivity contribution in [2.75, 3.05) is 13.2 Å². The number of piperidine rings is 1. The summed E-state index contributed by atoms with van der Waals surface area (Å²) in [4.78, 5) is 26.0. The van der Waals surface area contributed by atoms with Crippen LogP contribution < -0.4 is 0 Å². The van der Waals surface area contributed by atoms with E-state index in [1.807, 2.05) is 13.0 Å². The first kappa shape index (κ1) is 17.4. The standard InChI is InChI=1S/C18H24FNO3/c1-4-23-18(22)15-7-5-6-10-20(15)17(21)16(19)14-9-8-12(2)11-13(14)3/h8-9,11,15-16H,4-7,10H2,1-3H3. The molecule has 0 N–H and O–H groups in total. The van der Waals surface area contributed by atoms with E-state index in [9.17, 15) is 14.0 Å². The van der Waals surface area contributed by atoms with Gasteiger partial charge < -0.3 is 9.64 Å². The summed E-state index contributed by atoms with van der Waals surface area (Å²) in [5.74, 6) is -1.08. The number of likely N-dealkylation sites (tertiary alicyclic amines) is 1. The summed E-state index contributed by atoms with van der Waals surface area (Å²) in [5.41, 5.74) is 2.14. The predicted molar refractivity (Wildman–Crippen MR) is 85.8 cm³/mol. The van der Waals surface area contributed by atoms with Gasteiger partial charge in [0.1, 0.15) is 6.04 Å². The molecule has 0 aromatic heterocycles. The number of hydrogen-bond acceptors (Lipinski definition) is 3. The Labute approximate surface area is 136 Å². The third-order valence-electron chi connectivity index (χ3n) is 4.26. The van der Waals surface area contributed by atoms with Crippen molar-refractivity contribution in [2.45, 2.75) is 52.2 Å². The molecule has 126 valence electrons. The molecule has 4 nitrogen and oxygen atoms in total. The van der Waals surface area contributed by atoms with Crippen LogP contribution in [0.2, 0.25) is 0 Å². The Kier molecular flexibility index (Phi) is 5.74. The van der Waals surface area contributed by atoms with Gasteiger partial charge in [-0.05, 0) is 51.2 Å². The Morgan fingerprint density at radius 2 is 2.09 bits per heavy atom. The van der Waals surface area contributed by atoms with Gasteiger partial charge in [-0.25, -0.2) is 9.18 Å². The number of alkyl halides is 1. The second-order valence-corrected chi connectivity index (χ2v) is 6.02. The maximum atomic E-state index is 14.8. The van der Waals surface area contributed by atoms with E-state index in [4.69, 9.17) is 4.74 Å². The highest BCUT2D eigenvalue weighted by atomic mass is 19.1. The molecule has 0 aliphatic carbocycles. The molecule has 1 aliphatic rings. The van der Waals surface area contributed by atoms with Crippen LogP contribution in [0.15, 0.2) is 18.2 Å². The van der Waals surface area contributed by atoms with Crippen molar-refractivity contribution in [3.05, 3.63) is 34.9 Å². The van der Waals surface area contributed by atoms with Crippen molar-refractivity contribution >= 4 is 11.9 Å². The second-order valence-electron chi connectivity index (χ2n) is 6.02. The first-order valence-electron chi connectivity index (χ1n) is 8.14. The summed E-state index contributed by atoms with van der Waals surface area (Å²) < 4.78 is 19.8. The molecule has 2 atom stereocenters. The number of rotatable bonds is 4. The molecule has 0 bridgehead atoms. The lowest BCUT2D eigenvalue weighted by atomic mass is 9.98. The lowest BCUT2D eigenvalue weighted by Crippen LogP contribution is -2.49. The molecule has 1 aromatic carbocycles. The molecular weight excluding hydrogens is 297 g/mol. The number of nitrogens with zero attached hydrogens (tertiary/aromatic N) is 1. The number of aryl methyl sites for hydroxylation is 2. The second kappa shape index (κ2) is 7.57. The molecule has 0 radical (unpaired) electrons. The van der Waals surface area contributed by atoms with E-state index in [0.29, 0.717) is 18.5 Å². The van der Waals surface area contributed by atoms with E-state index in [2.05, 4.69) is 0 Å². The molecule has 1 heterocycles. The van der Waals surface area contributed by atoms with Gasteiger partial charge >= 0.3 is 5.97 Å². The topological polar surface area (TPSA) is 46.6 Å². The molecular formula is C18H24FNO3. The molecule has 0 spiro atoms. The van der Waals surface area contributed by atoms with Gasteiger partial charge in [0, 0.05) is 6.54 Å². The van der Waals surface area contributed by atoms with E-state index >= 15 is 0 Å². The number of carbonyl (C=O) groups is 2. The van der Waals surface area contributed by atoms with Crippen molar-refractivity contribution in [1.29, 1.82) is 0 Å². The van der Waals surface area contributed by atoms with Crippen LogP contribution in [0.1, 0.15) is 49.0 Å². The quantitative estimate of drug-likeness (QED) is 0.800. The van der Waals surface area contributed by atoms with E-state index in [1.165, 1.54) is 4.90 Å². The van der Waals surface area contributed by atoms with Crippen LogP contribution in [0, 0.1) is 13.8 Å². The fraction of sp³-hybridized carbons (Fsp3) is 0.556. The lowest BCUT2D eigenvalue weighted by Gasteiger charge is -2.35. The fourth-order valence-corrected chi connectivity index (χ4v) is 3.07. The molecule has 1 fully saturated rings. The Balaban J connectivity index is 2.20. The average molecular weight is 321 g/mol. The largest absolute Gasteiger partial charge is 0.464 e. The third-order valence-corrected chi connectivity index (χ3v) is 4.26. The van der Waals surface area contributed by atoms with Crippen LogP contribution in [0.5, 0.6) is 0 Å². The Hall–Kier alpha value is -1.91. The number of carbonyl (C=O) groups excluding carboxylic acids is 2. The molecule has 1 aromatic rings. The van der Waals surface area contributed by atoms with Crippen LogP contribution in [0.25, 0.3) is 0 Å². The van der Waals surface area contributed by atoms with E-state index in [-0.39, 0.29) is 6.61 Å². The number of amides is 1. The van der Waals surface area contributed by atoms with Gasteiger partial charge in [-0.1, -0.05) is 23.8 Å². The van der Waals surface area contributed by atoms with E-state index in [0.717, 1.165) is 24.0 Å². The summed E-state index contributed by atoms with van der Waals surface area (Å²) in [6.07, 6.45) is 0.407. The minimum Gasteiger partial charge on any atom is -0.464 e. The molecule has 1 saturated heterocycles. The zero-order chi connectivity index (χ0) is 17.0. The van der Waals surface area contributed by atoms with Gasteiger partial charge in [0.05, 0.1) is 6.61 Å². The van der Waals surface area contributed by atoms with Crippen molar-refractivity contribution in [3.8, 4) is 0 Å². The zero-order valence-electron chi connectivity index (χ0n) is 14.0. The van der Waals surface area contributed by atoms with Crippen molar-refractivity contribution in [2.24, 2.45) is 0 Å². The molecule has 1 amide bonds. The van der Waals surface area contributed by atoms with Crippen molar-refractivity contribution < 1.29 is 18.7 Å². The van der Waals surface area contributed by atoms with Gasteiger partial charge in [0.2, 0.25) is 6.17 Å². The number of hydrogen-bond donors (Lipinski definition) is 0. The lowest BCUT2D eigenvalue weighted by molar-refractivity contribution is -0.158. The number of halogens is 1. The van der Waals surface area contributed by atoms with Crippen LogP contribution in [-0.4, -0.2) is 36.0 Å². The van der Waals surface area contributed by atoms with Crippen molar-refractivity contribution in [1.82, 2.24) is 4.90 Å². The zero-order valence-corrected chi connectivity index (χ0v) is 14.0. The molecule has 23 heavy (non-hydrogen) atoms. The minimum atomic E-state index is -1.74. The molecule has 0 saturated carbocycles. The van der Waals surface area contributed by atoms with Crippen LogP contribution in [0.4, 0.5) is 4.39 Å². The van der Waals surface area contributed by atoms with Crippen LogP contribution in [0.3, 0.4) is 0 Å². The maximum Gasteiger partial charge on any atom is 0.328 e.